The zero-order chi connectivity index (χ0) is 71.6. The number of guanidine groups is 1. The molecule has 0 spiro atoms. The third-order valence-electron chi connectivity index (χ3n) is 14.4. The standard InChI is InChI=1S/C57H79N17O21S/c1-5-57(4,95-18-15-27(2)3)26-64-38(75)14-17-74-40(77)22-37(52(74)90)96-25-36(54(93)94)71-50(88)35(21-43(82)83)70-49(87)34(20-42(80)81)69-47(85)31(7-6-16-61-55(58)59)67-48(86)33(19-41(78)79)66-39(76)13-12-32(53(91)92)68-46(84)28-8-10-29(11-9-28)62-23-30-24-63-45-44(65-30)51(89)73-56(60)72-45/h8-11,24,27,31-37,62H,5-7,12-23,25-26H2,1-4H3,(H,64,75)(H,66,76)(H,67,86)(H,68,84)(H,69,85)(H,70,87)(H,71,88)(H,78,79)(H,80,81)(H,82,83)(H,91,92)(H,93,94)(H4,58,59,61)(H3,60,63,72,73,89)/t31-,32-,33-,34-,35-,36-,37?,57?/m0/s1. The molecule has 4 rings (SSSR count). The lowest BCUT2D eigenvalue weighted by atomic mass is 10.0. The van der Waals surface area contributed by atoms with Crippen LogP contribution >= 0.6 is 11.8 Å². The van der Waals surface area contributed by atoms with Gasteiger partial charge in [-0.2, -0.15) is 4.98 Å². The molecule has 2 unspecified atom stereocenters. The van der Waals surface area contributed by atoms with E-state index in [1.165, 1.54) is 30.5 Å². The maximum atomic E-state index is 14.0. The number of carboxylic acid groups (broad SMARTS) is 5. The zero-order valence-corrected chi connectivity index (χ0v) is 53.5. The number of benzene rings is 1. The van der Waals surface area contributed by atoms with E-state index in [9.17, 15) is 97.5 Å². The number of carbonyl (C=O) groups is 14. The summed E-state index contributed by atoms with van der Waals surface area (Å²) in [6, 6.07) is -6.30. The lowest BCUT2D eigenvalue weighted by Crippen LogP contribution is -2.59. The van der Waals surface area contributed by atoms with Crippen molar-refractivity contribution in [1.82, 2.24) is 62.1 Å². The molecule has 39 heteroatoms. The van der Waals surface area contributed by atoms with Gasteiger partial charge in [0.1, 0.15) is 36.3 Å². The van der Waals surface area contributed by atoms with Crippen LogP contribution in [-0.4, -0.2) is 218 Å². The molecule has 0 bridgehead atoms. The van der Waals surface area contributed by atoms with Crippen LogP contribution in [0, 0.1) is 5.92 Å². The lowest BCUT2D eigenvalue weighted by molar-refractivity contribution is -0.144. The number of nitrogen functional groups attached to an aromatic ring is 1. The number of aromatic nitrogens is 4. The fourth-order valence-electron chi connectivity index (χ4n) is 8.85. The number of nitrogens with one attached hydrogen (secondary N) is 9. The van der Waals surface area contributed by atoms with Crippen LogP contribution < -0.4 is 65.3 Å². The highest BCUT2D eigenvalue weighted by Crippen LogP contribution is 2.26. The predicted octanol–water partition coefficient (Wildman–Crippen LogP) is -3.54. The molecule has 20 N–H and O–H groups in total. The third kappa shape index (κ3) is 26.1. The second-order valence-corrected chi connectivity index (χ2v) is 23.8. The number of ether oxygens (including phenoxy) is 1. The SMILES string of the molecule is CCC(C)(CNC(=O)CCN1C(=O)CC(SC[C@H](NC(=O)[C@H](CC(=O)O)NC(=O)[C@H](CC(=O)O)NC(=O)[C@H](CCCN=C(N)N)NC(=O)[C@H](CC(=O)O)NC(=O)CC[C@H](NC(=O)c2ccc(NCc3cnc4nc(N)[nH]c(=O)c4n3)cc2)C(=O)O)C(=O)O)C1=O)OCCC(C)C. The molecule has 38 nitrogen and oxygen atoms in total. The van der Waals surface area contributed by atoms with Crippen LogP contribution in [-0.2, 0) is 73.6 Å². The van der Waals surface area contributed by atoms with E-state index >= 15 is 0 Å². The van der Waals surface area contributed by atoms with Crippen molar-refractivity contribution in [2.75, 3.05) is 43.0 Å². The van der Waals surface area contributed by atoms with Gasteiger partial charge in [0.25, 0.3) is 11.5 Å². The van der Waals surface area contributed by atoms with Gasteiger partial charge in [-0.1, -0.05) is 20.8 Å². The molecule has 9 amide bonds. The maximum absolute atomic E-state index is 14.0. The molecule has 8 atom stereocenters. The van der Waals surface area contributed by atoms with Crippen molar-refractivity contribution in [3.05, 3.63) is 52.1 Å². The van der Waals surface area contributed by atoms with Crippen LogP contribution in [0.4, 0.5) is 11.6 Å². The number of anilines is 2. The number of carboxylic acids is 5. The molecule has 0 saturated carbocycles. The number of hydrogen-bond donors (Lipinski definition) is 17. The predicted molar refractivity (Wildman–Crippen MR) is 338 cm³/mol. The summed E-state index contributed by atoms with van der Waals surface area (Å²) in [6.07, 6.45) is -3.61. The van der Waals surface area contributed by atoms with E-state index in [1.54, 1.807) is 0 Å². The molecule has 0 radical (unpaired) electrons. The van der Waals surface area contributed by atoms with Crippen LogP contribution in [0.5, 0.6) is 0 Å². The van der Waals surface area contributed by atoms with E-state index in [2.05, 4.69) is 56.8 Å². The van der Waals surface area contributed by atoms with Crippen molar-refractivity contribution in [3.63, 3.8) is 0 Å². The molecule has 1 aromatic carbocycles. The zero-order valence-electron chi connectivity index (χ0n) is 52.7. The second kappa shape index (κ2) is 37.3. The highest BCUT2D eigenvalue weighted by Gasteiger charge is 2.41. The maximum Gasteiger partial charge on any atom is 0.327 e. The number of nitrogens with two attached hydrogens (primary N) is 3. The molecule has 1 aliphatic rings. The van der Waals surface area contributed by atoms with Gasteiger partial charge in [-0.3, -0.25) is 77.2 Å². The molecule has 0 aliphatic carbocycles. The van der Waals surface area contributed by atoms with Gasteiger partial charge in [-0.25, -0.2) is 19.6 Å². The van der Waals surface area contributed by atoms with E-state index in [0.717, 1.165) is 11.3 Å². The Kier molecular flexibility index (Phi) is 30.3. The molecule has 524 valence electrons. The number of H-pyrrole nitrogens is 1. The Hall–Kier alpha value is -10.6. The van der Waals surface area contributed by atoms with Crippen molar-refractivity contribution in [1.29, 1.82) is 0 Å². The molecule has 1 fully saturated rings. The minimum atomic E-state index is -2.21. The van der Waals surface area contributed by atoms with E-state index < -0.39 is 192 Å². The van der Waals surface area contributed by atoms with E-state index in [-0.39, 0.29) is 61.7 Å². The first-order chi connectivity index (χ1) is 45.2. The summed E-state index contributed by atoms with van der Waals surface area (Å²) >= 11 is 0.641. The topological polar surface area (TPSA) is 611 Å². The number of carbonyl (C=O) groups excluding carboxylic acids is 9. The van der Waals surface area contributed by atoms with Crippen molar-refractivity contribution < 1.29 is 97.4 Å². The third-order valence-corrected chi connectivity index (χ3v) is 15.7. The van der Waals surface area contributed by atoms with Gasteiger partial charge in [0.2, 0.25) is 53.2 Å². The molecular weight excluding hydrogens is 1290 g/mol. The van der Waals surface area contributed by atoms with E-state index in [1.807, 2.05) is 38.3 Å². The van der Waals surface area contributed by atoms with Crippen LogP contribution in [0.25, 0.3) is 11.2 Å². The number of hydrogen-bond acceptors (Lipinski definition) is 23. The lowest BCUT2D eigenvalue weighted by Gasteiger charge is -2.29. The Morgan fingerprint density at radius 1 is 0.729 bits per heavy atom. The number of amides is 9. The minimum Gasteiger partial charge on any atom is -0.481 e. The fraction of sp³-hybridized carbons (Fsp3) is 0.526. The number of rotatable bonds is 42. The second-order valence-electron chi connectivity index (χ2n) is 22.5. The fourth-order valence-corrected chi connectivity index (χ4v) is 10.0. The van der Waals surface area contributed by atoms with Crippen LogP contribution in [0.3, 0.4) is 0 Å². The number of likely N-dealkylation sites (tertiary alicyclic amines) is 1. The minimum absolute atomic E-state index is 0.0226. The quantitative estimate of drug-likeness (QED) is 0.0113. The molecule has 1 saturated heterocycles. The van der Waals surface area contributed by atoms with Crippen LogP contribution in [0.2, 0.25) is 0 Å². The Morgan fingerprint density at radius 2 is 1.29 bits per heavy atom. The summed E-state index contributed by atoms with van der Waals surface area (Å²) in [5, 5.41) is 66.5. The Balaban J connectivity index is 1.39. The smallest absolute Gasteiger partial charge is 0.327 e. The number of nitrogens with zero attached hydrogens (tertiary/aromatic N) is 5. The Labute approximate surface area is 550 Å². The summed E-state index contributed by atoms with van der Waals surface area (Å²) in [5.41, 5.74) is 15.8. The van der Waals surface area contributed by atoms with E-state index in [4.69, 9.17) is 21.9 Å². The molecule has 96 heavy (non-hydrogen) atoms. The highest BCUT2D eigenvalue weighted by atomic mass is 32.2. The number of thioether (sulfide) groups is 1. The summed E-state index contributed by atoms with van der Waals surface area (Å²) < 4.78 is 5.99. The number of fused-ring (bicyclic) bond motifs is 1. The van der Waals surface area contributed by atoms with Crippen LogP contribution in [0.15, 0.2) is 40.2 Å². The summed E-state index contributed by atoms with van der Waals surface area (Å²) in [7, 11) is 0. The number of aliphatic carboxylic acids is 5. The van der Waals surface area contributed by atoms with Crippen molar-refractivity contribution in [2.24, 2.45) is 22.4 Å². The molecular formula is C57H79N17O21S. The number of aromatic amines is 1. The van der Waals surface area contributed by atoms with Crippen molar-refractivity contribution in [3.8, 4) is 0 Å². The van der Waals surface area contributed by atoms with Gasteiger partial charge in [0.15, 0.2) is 17.1 Å². The molecule has 1 aliphatic heterocycles. The summed E-state index contributed by atoms with van der Waals surface area (Å²) in [4.78, 5) is 213. The van der Waals surface area contributed by atoms with Gasteiger partial charge < -0.3 is 90.0 Å². The largest absolute Gasteiger partial charge is 0.481 e. The highest BCUT2D eigenvalue weighted by molar-refractivity contribution is 8.00. The van der Waals surface area contributed by atoms with Gasteiger partial charge in [-0.15, -0.1) is 11.8 Å². The Bertz CT molecular complexity index is 3460. The molecule has 2 aromatic heterocycles. The van der Waals surface area contributed by atoms with Gasteiger partial charge in [0.05, 0.1) is 48.5 Å². The van der Waals surface area contributed by atoms with Gasteiger partial charge >= 0.3 is 29.8 Å². The average molecular weight is 1370 g/mol. The summed E-state index contributed by atoms with van der Waals surface area (Å²) in [5.74, 6) is -18.9. The molecule has 3 heterocycles. The van der Waals surface area contributed by atoms with Gasteiger partial charge in [0, 0.05) is 62.5 Å². The Morgan fingerprint density at radius 3 is 1.84 bits per heavy atom. The number of imide groups is 1. The van der Waals surface area contributed by atoms with Crippen LogP contribution in [0.1, 0.15) is 114 Å². The van der Waals surface area contributed by atoms with E-state index in [0.29, 0.717) is 42.1 Å². The number of aliphatic imine (C=N–C) groups is 1. The first kappa shape index (κ1) is 77.8. The summed E-state index contributed by atoms with van der Waals surface area (Å²) in [6.45, 7) is 8.00. The van der Waals surface area contributed by atoms with Crippen molar-refractivity contribution >= 4 is 124 Å². The van der Waals surface area contributed by atoms with Crippen molar-refractivity contribution in [2.45, 2.75) is 152 Å². The normalized spacial score (nSPS) is 15.3. The first-order valence-corrected chi connectivity index (χ1v) is 30.9. The van der Waals surface area contributed by atoms with Gasteiger partial charge in [-0.05, 0) is 69.2 Å². The average Bonchev–Trinajstić information content (AvgIpc) is 0.992. The monoisotopic (exact) mass is 1370 g/mol. The first-order valence-electron chi connectivity index (χ1n) is 29.9. The molecule has 3 aromatic rings.